The molecule has 6 heteroatoms. The molecule has 0 aliphatic rings. The minimum Gasteiger partial charge on any atom is -0.465 e. The highest BCUT2D eigenvalue weighted by molar-refractivity contribution is 7.22. The fraction of sp³-hybridized carbons (Fsp3) is 0.600. The highest BCUT2D eigenvalue weighted by atomic mass is 32.1. The maximum atomic E-state index is 10.4. The number of nitrogens with zero attached hydrogens (tertiary/aromatic N) is 1. The molecule has 144 valence electrons. The summed E-state index contributed by atoms with van der Waals surface area (Å²) in [6.07, 6.45) is 10.9. The van der Waals surface area contributed by atoms with Crippen molar-refractivity contribution in [2.24, 2.45) is 0 Å². The van der Waals surface area contributed by atoms with Gasteiger partial charge in [0.25, 0.3) is 0 Å². The van der Waals surface area contributed by atoms with Crippen LogP contribution in [-0.4, -0.2) is 29.3 Å². The number of benzene rings is 1. The van der Waals surface area contributed by atoms with Gasteiger partial charge in [0.05, 0.1) is 10.2 Å². The van der Waals surface area contributed by atoms with Crippen molar-refractivity contribution in [2.45, 2.75) is 64.7 Å². The number of carboxylic acid groups (broad SMARTS) is 1. The number of aryl methyl sites for hydroxylation is 1. The molecule has 0 fully saturated rings. The third-order valence-electron chi connectivity index (χ3n) is 4.45. The van der Waals surface area contributed by atoms with Gasteiger partial charge in [-0.2, -0.15) is 0 Å². The highest BCUT2D eigenvalue weighted by Crippen LogP contribution is 2.27. The van der Waals surface area contributed by atoms with Gasteiger partial charge < -0.3 is 15.7 Å². The Labute approximate surface area is 160 Å². The predicted octanol–water partition coefficient (Wildman–Crippen LogP) is 5.66. The monoisotopic (exact) mass is 377 g/mol. The molecule has 2 rings (SSSR count). The van der Waals surface area contributed by atoms with Gasteiger partial charge in [-0.3, -0.25) is 0 Å². The molecule has 0 atom stereocenters. The standard InChI is InChI=1S/C20H31N3O2S/c1-2-3-4-5-6-7-8-9-10-16-11-12-17-18(15-16)26-19(23-17)21-13-14-22-20(24)25/h11-12,15,22H,2-10,13-14H2,1H3,(H,21,23)(H,24,25). The summed E-state index contributed by atoms with van der Waals surface area (Å²) in [4.78, 5) is 15.0. The maximum absolute atomic E-state index is 10.4. The Kier molecular flexibility index (Phi) is 9.24. The summed E-state index contributed by atoms with van der Waals surface area (Å²) in [5, 5.41) is 14.9. The summed E-state index contributed by atoms with van der Waals surface area (Å²) < 4.78 is 1.19. The number of nitrogens with one attached hydrogen (secondary N) is 2. The summed E-state index contributed by atoms with van der Waals surface area (Å²) in [6.45, 7) is 3.17. The summed E-state index contributed by atoms with van der Waals surface area (Å²) >= 11 is 1.63. The molecule has 2 aromatic rings. The Morgan fingerprint density at radius 3 is 2.54 bits per heavy atom. The molecule has 1 aromatic carbocycles. The molecule has 1 heterocycles. The molecular weight excluding hydrogens is 346 g/mol. The van der Waals surface area contributed by atoms with Gasteiger partial charge in [-0.25, -0.2) is 9.78 Å². The van der Waals surface area contributed by atoms with Gasteiger partial charge in [0.1, 0.15) is 0 Å². The molecule has 0 radical (unpaired) electrons. The van der Waals surface area contributed by atoms with Gasteiger partial charge in [0.2, 0.25) is 0 Å². The zero-order valence-corrected chi connectivity index (χ0v) is 16.5. The lowest BCUT2D eigenvalue weighted by Gasteiger charge is -2.02. The first kappa shape index (κ1) is 20.5. The molecule has 5 nitrogen and oxygen atoms in total. The molecule has 3 N–H and O–H groups in total. The Balaban J connectivity index is 1.70. The van der Waals surface area contributed by atoms with Gasteiger partial charge in [-0.15, -0.1) is 0 Å². The summed E-state index contributed by atoms with van der Waals surface area (Å²) in [7, 11) is 0. The minimum atomic E-state index is -0.998. The predicted molar refractivity (Wildman–Crippen MR) is 110 cm³/mol. The van der Waals surface area contributed by atoms with Crippen LogP contribution < -0.4 is 10.6 Å². The van der Waals surface area contributed by atoms with Crippen molar-refractivity contribution in [1.82, 2.24) is 10.3 Å². The van der Waals surface area contributed by atoms with E-state index in [1.54, 1.807) is 11.3 Å². The highest BCUT2D eigenvalue weighted by Gasteiger charge is 2.05. The Hall–Kier alpha value is -1.82. The summed E-state index contributed by atoms with van der Waals surface area (Å²) in [5.41, 5.74) is 2.38. The molecule has 1 aromatic heterocycles. The van der Waals surface area contributed by atoms with Crippen LogP contribution in [0.5, 0.6) is 0 Å². The van der Waals surface area contributed by atoms with E-state index in [0.717, 1.165) is 17.1 Å². The van der Waals surface area contributed by atoms with Crippen molar-refractivity contribution >= 4 is 32.8 Å². The van der Waals surface area contributed by atoms with Crippen LogP contribution in [0, 0.1) is 0 Å². The Morgan fingerprint density at radius 1 is 1.08 bits per heavy atom. The van der Waals surface area contributed by atoms with Crippen molar-refractivity contribution in [1.29, 1.82) is 0 Å². The molecule has 0 aliphatic carbocycles. The van der Waals surface area contributed by atoms with E-state index in [-0.39, 0.29) is 0 Å². The molecule has 0 spiro atoms. The van der Waals surface area contributed by atoms with Crippen LogP contribution in [0.2, 0.25) is 0 Å². The van der Waals surface area contributed by atoms with Gasteiger partial charge >= 0.3 is 6.09 Å². The zero-order chi connectivity index (χ0) is 18.6. The second-order valence-electron chi connectivity index (χ2n) is 6.70. The molecule has 0 unspecified atom stereocenters. The van der Waals surface area contributed by atoms with Crippen LogP contribution in [-0.2, 0) is 6.42 Å². The molecule has 26 heavy (non-hydrogen) atoms. The first-order chi connectivity index (χ1) is 12.7. The normalized spacial score (nSPS) is 11.0. The number of hydrogen-bond donors (Lipinski definition) is 3. The number of carbonyl (C=O) groups is 1. The first-order valence-corrected chi connectivity index (χ1v) is 10.6. The average Bonchev–Trinajstić information content (AvgIpc) is 3.03. The summed E-state index contributed by atoms with van der Waals surface area (Å²) in [5.74, 6) is 0. The maximum Gasteiger partial charge on any atom is 0.404 e. The molecule has 0 saturated carbocycles. The van der Waals surface area contributed by atoms with Gasteiger partial charge in [0, 0.05) is 13.1 Å². The molecular formula is C20H31N3O2S. The van der Waals surface area contributed by atoms with Crippen molar-refractivity contribution in [3.63, 3.8) is 0 Å². The Morgan fingerprint density at radius 2 is 1.81 bits per heavy atom. The number of anilines is 1. The van der Waals surface area contributed by atoms with E-state index in [4.69, 9.17) is 5.11 Å². The fourth-order valence-corrected chi connectivity index (χ4v) is 3.96. The molecule has 0 aliphatic heterocycles. The smallest absolute Gasteiger partial charge is 0.404 e. The topological polar surface area (TPSA) is 74.2 Å². The van der Waals surface area contributed by atoms with Crippen LogP contribution in [0.4, 0.5) is 9.93 Å². The summed E-state index contributed by atoms with van der Waals surface area (Å²) in [6, 6.07) is 6.51. The second kappa shape index (κ2) is 11.7. The van der Waals surface area contributed by atoms with Gasteiger partial charge in [-0.1, -0.05) is 69.3 Å². The van der Waals surface area contributed by atoms with E-state index in [1.165, 1.54) is 61.6 Å². The SMILES string of the molecule is CCCCCCCCCCc1ccc2nc(NCCNC(=O)O)sc2c1. The largest absolute Gasteiger partial charge is 0.465 e. The van der Waals surface area contributed by atoms with Crippen LogP contribution in [0.1, 0.15) is 63.9 Å². The number of aromatic nitrogens is 1. The van der Waals surface area contributed by atoms with Gasteiger partial charge in [-0.05, 0) is 30.5 Å². The Bertz CT molecular complexity index is 672. The number of unbranched alkanes of at least 4 members (excludes halogenated alkanes) is 7. The van der Waals surface area contributed by atoms with E-state index < -0.39 is 6.09 Å². The van der Waals surface area contributed by atoms with E-state index in [9.17, 15) is 4.79 Å². The molecule has 1 amide bonds. The molecule has 0 bridgehead atoms. The lowest BCUT2D eigenvalue weighted by Crippen LogP contribution is -2.26. The number of fused-ring (bicyclic) bond motifs is 1. The molecule has 0 saturated heterocycles. The van der Waals surface area contributed by atoms with Crippen molar-refractivity contribution < 1.29 is 9.90 Å². The van der Waals surface area contributed by atoms with Crippen molar-refractivity contribution in [2.75, 3.05) is 18.4 Å². The van der Waals surface area contributed by atoms with E-state index >= 15 is 0 Å². The van der Waals surface area contributed by atoms with Crippen molar-refractivity contribution in [3.05, 3.63) is 23.8 Å². The third-order valence-corrected chi connectivity index (χ3v) is 5.43. The second-order valence-corrected chi connectivity index (χ2v) is 7.74. The lowest BCUT2D eigenvalue weighted by atomic mass is 10.0. The van der Waals surface area contributed by atoms with Crippen LogP contribution >= 0.6 is 11.3 Å². The lowest BCUT2D eigenvalue weighted by molar-refractivity contribution is 0.195. The zero-order valence-electron chi connectivity index (χ0n) is 15.7. The first-order valence-electron chi connectivity index (χ1n) is 9.79. The quantitative estimate of drug-likeness (QED) is 0.394. The average molecular weight is 378 g/mol. The number of amides is 1. The van der Waals surface area contributed by atoms with Crippen LogP contribution in [0.15, 0.2) is 18.2 Å². The van der Waals surface area contributed by atoms with Crippen LogP contribution in [0.3, 0.4) is 0 Å². The third kappa shape index (κ3) is 7.60. The number of thiazole rings is 1. The number of hydrogen-bond acceptors (Lipinski definition) is 4. The fourth-order valence-electron chi connectivity index (χ4n) is 3.00. The van der Waals surface area contributed by atoms with E-state index in [2.05, 4.69) is 40.7 Å². The number of rotatable bonds is 13. The van der Waals surface area contributed by atoms with E-state index in [0.29, 0.717) is 13.1 Å². The van der Waals surface area contributed by atoms with Gasteiger partial charge in [0.15, 0.2) is 5.13 Å². The van der Waals surface area contributed by atoms with E-state index in [1.807, 2.05) is 0 Å². The minimum absolute atomic E-state index is 0.370. The van der Waals surface area contributed by atoms with Crippen molar-refractivity contribution in [3.8, 4) is 0 Å². The van der Waals surface area contributed by atoms with Crippen LogP contribution in [0.25, 0.3) is 10.2 Å².